The molecule has 0 unspecified atom stereocenters. The molecule has 3 aromatic carbocycles. The Morgan fingerprint density at radius 3 is 2.66 bits per heavy atom. The van der Waals surface area contributed by atoms with Gasteiger partial charge in [0, 0.05) is 19.2 Å². The van der Waals surface area contributed by atoms with E-state index < -0.39 is 0 Å². The highest BCUT2D eigenvalue weighted by Gasteiger charge is 2.25. The van der Waals surface area contributed by atoms with Crippen LogP contribution in [-0.2, 0) is 13.1 Å². The van der Waals surface area contributed by atoms with Crippen LogP contribution in [0.15, 0.2) is 63.8 Å². The molecule has 0 spiro atoms. The molecule has 4 aromatic rings. The van der Waals surface area contributed by atoms with Crippen molar-refractivity contribution in [2.75, 3.05) is 20.6 Å². The van der Waals surface area contributed by atoms with Crippen LogP contribution in [0.25, 0.3) is 11.0 Å². The maximum absolute atomic E-state index is 13.4. The Morgan fingerprint density at radius 1 is 0.943 bits per heavy atom. The predicted molar refractivity (Wildman–Crippen MR) is 128 cm³/mol. The van der Waals surface area contributed by atoms with E-state index in [-0.39, 0.29) is 18.0 Å². The Bertz CT molecular complexity index is 1490. The van der Waals surface area contributed by atoms with Gasteiger partial charge in [0.1, 0.15) is 35.3 Å². The summed E-state index contributed by atoms with van der Waals surface area (Å²) in [5, 5.41) is 0.445. The average molecular weight is 473 g/mol. The number of fused-ring (bicyclic) bond motifs is 4. The molecule has 0 radical (unpaired) electrons. The molecule has 2 aliphatic rings. The second kappa shape index (κ2) is 8.56. The zero-order chi connectivity index (χ0) is 23.9. The fraction of sp³-hybridized carbons (Fsp3) is 0.222. The van der Waals surface area contributed by atoms with Gasteiger partial charge in [-0.05, 0) is 48.9 Å². The third kappa shape index (κ3) is 3.91. The van der Waals surface area contributed by atoms with Crippen molar-refractivity contribution in [3.8, 4) is 34.5 Å². The first kappa shape index (κ1) is 21.4. The molecule has 3 heterocycles. The lowest BCUT2D eigenvalue weighted by molar-refractivity contribution is 0.0889. The molecule has 2 aliphatic heterocycles. The molecule has 0 atom stereocenters. The second-order valence-corrected chi connectivity index (χ2v) is 8.46. The average Bonchev–Trinajstić information content (AvgIpc) is 3.34. The smallest absolute Gasteiger partial charge is 0.235 e. The van der Waals surface area contributed by atoms with Crippen LogP contribution in [-0.4, -0.2) is 25.5 Å². The lowest BCUT2D eigenvalue weighted by Crippen LogP contribution is -2.31. The second-order valence-electron chi connectivity index (χ2n) is 8.46. The van der Waals surface area contributed by atoms with Crippen molar-refractivity contribution in [2.24, 2.45) is 0 Å². The van der Waals surface area contributed by atoms with Crippen molar-refractivity contribution in [3.05, 3.63) is 81.7 Å². The molecule has 178 valence electrons. The van der Waals surface area contributed by atoms with E-state index in [1.807, 2.05) is 30.3 Å². The van der Waals surface area contributed by atoms with Gasteiger partial charge in [-0.2, -0.15) is 0 Å². The summed E-state index contributed by atoms with van der Waals surface area (Å²) in [5.74, 6) is 3.89. The molecule has 0 fully saturated rings. The van der Waals surface area contributed by atoms with Crippen molar-refractivity contribution < 1.29 is 28.1 Å². The van der Waals surface area contributed by atoms with Gasteiger partial charge in [0.05, 0.1) is 18.1 Å². The Balaban J connectivity index is 1.31. The Labute approximate surface area is 201 Å². The van der Waals surface area contributed by atoms with Crippen molar-refractivity contribution in [1.82, 2.24) is 4.90 Å². The lowest BCUT2D eigenvalue weighted by Gasteiger charge is -2.29. The summed E-state index contributed by atoms with van der Waals surface area (Å²) in [6.45, 7) is 3.61. The van der Waals surface area contributed by atoms with E-state index in [0.717, 1.165) is 22.6 Å². The molecule has 1 aromatic heterocycles. The van der Waals surface area contributed by atoms with E-state index in [1.165, 1.54) is 0 Å². The van der Waals surface area contributed by atoms with E-state index in [4.69, 9.17) is 28.1 Å². The van der Waals surface area contributed by atoms with Gasteiger partial charge in [-0.15, -0.1) is 0 Å². The molecule has 0 saturated heterocycles. The minimum atomic E-state index is -0.234. The van der Waals surface area contributed by atoms with Crippen molar-refractivity contribution >= 4 is 11.0 Å². The van der Waals surface area contributed by atoms with Gasteiger partial charge in [0.15, 0.2) is 11.5 Å². The number of hydrogen-bond acceptors (Lipinski definition) is 8. The monoisotopic (exact) mass is 473 g/mol. The molecule has 0 saturated carbocycles. The van der Waals surface area contributed by atoms with Gasteiger partial charge < -0.3 is 28.1 Å². The summed E-state index contributed by atoms with van der Waals surface area (Å²) in [4.78, 5) is 15.5. The molecule has 8 heteroatoms. The van der Waals surface area contributed by atoms with E-state index >= 15 is 0 Å². The first-order chi connectivity index (χ1) is 17.1. The van der Waals surface area contributed by atoms with Gasteiger partial charge in [0.25, 0.3) is 0 Å². The van der Waals surface area contributed by atoms with E-state index in [9.17, 15) is 4.79 Å². The number of ether oxygens (including phenoxy) is 5. The number of benzene rings is 3. The summed E-state index contributed by atoms with van der Waals surface area (Å²) >= 11 is 0. The van der Waals surface area contributed by atoms with E-state index in [2.05, 4.69) is 4.90 Å². The quantitative estimate of drug-likeness (QED) is 0.401. The number of methoxy groups -OCH3 is 1. The lowest BCUT2D eigenvalue weighted by atomic mass is 10.1. The largest absolute Gasteiger partial charge is 0.497 e. The number of hydrogen-bond donors (Lipinski definition) is 0. The number of aryl methyl sites for hydroxylation is 1. The van der Waals surface area contributed by atoms with Crippen LogP contribution in [0.2, 0.25) is 0 Å². The molecule has 8 nitrogen and oxygen atoms in total. The van der Waals surface area contributed by atoms with Gasteiger partial charge in [-0.3, -0.25) is 9.69 Å². The van der Waals surface area contributed by atoms with Gasteiger partial charge in [-0.25, -0.2) is 0 Å². The first-order valence-corrected chi connectivity index (χ1v) is 11.2. The molecule has 35 heavy (non-hydrogen) atoms. The molecule has 0 bridgehead atoms. The zero-order valence-electron chi connectivity index (χ0n) is 19.3. The highest BCUT2D eigenvalue weighted by Crippen LogP contribution is 2.36. The fourth-order valence-electron chi connectivity index (χ4n) is 4.40. The van der Waals surface area contributed by atoms with Crippen molar-refractivity contribution in [3.63, 3.8) is 0 Å². The Morgan fingerprint density at radius 2 is 1.77 bits per heavy atom. The van der Waals surface area contributed by atoms with Crippen molar-refractivity contribution in [1.29, 1.82) is 0 Å². The minimum absolute atomic E-state index is 0.152. The standard InChI is InChI=1S/C27H23NO7/c1-16-26(35-19-5-3-4-18(11-19)30-2)25(29)20-7-9-22-21(27(20)34-16)13-28(14-31-22)12-17-6-8-23-24(10-17)33-15-32-23/h3-11H,12-15H2,1-2H3. The fourth-order valence-corrected chi connectivity index (χ4v) is 4.40. The maximum atomic E-state index is 13.4. The maximum Gasteiger partial charge on any atom is 0.235 e. The molecular weight excluding hydrogens is 450 g/mol. The molecule has 0 aliphatic carbocycles. The molecular formula is C27H23NO7. The van der Waals surface area contributed by atoms with Crippen LogP contribution < -0.4 is 29.1 Å². The van der Waals surface area contributed by atoms with Crippen LogP contribution in [0.1, 0.15) is 16.9 Å². The van der Waals surface area contributed by atoms with Gasteiger partial charge in [0.2, 0.25) is 18.0 Å². The highest BCUT2D eigenvalue weighted by molar-refractivity contribution is 5.83. The van der Waals surface area contributed by atoms with Crippen LogP contribution in [0, 0.1) is 6.92 Å². The summed E-state index contributed by atoms with van der Waals surface area (Å²) in [5.41, 5.74) is 2.19. The van der Waals surface area contributed by atoms with Gasteiger partial charge >= 0.3 is 0 Å². The van der Waals surface area contributed by atoms with Crippen LogP contribution >= 0.6 is 0 Å². The SMILES string of the molecule is COc1cccc(Oc2c(C)oc3c4c(ccc3c2=O)OCN(Cc2ccc3c(c2)OCO3)C4)c1. The normalized spacial score (nSPS) is 14.5. The van der Waals surface area contributed by atoms with Crippen LogP contribution in [0.5, 0.6) is 34.5 Å². The Hall–Kier alpha value is -4.17. The summed E-state index contributed by atoms with van der Waals surface area (Å²) < 4.78 is 34.2. The molecule has 6 rings (SSSR count). The third-order valence-electron chi connectivity index (χ3n) is 6.13. The highest BCUT2D eigenvalue weighted by atomic mass is 16.7. The van der Waals surface area contributed by atoms with Crippen LogP contribution in [0.3, 0.4) is 0 Å². The molecule has 0 amide bonds. The Kier molecular flexibility index (Phi) is 5.22. The summed E-state index contributed by atoms with van der Waals surface area (Å²) in [6, 6.07) is 16.5. The molecule has 0 N–H and O–H groups in total. The van der Waals surface area contributed by atoms with E-state index in [1.54, 1.807) is 38.3 Å². The first-order valence-electron chi connectivity index (χ1n) is 11.2. The van der Waals surface area contributed by atoms with Crippen LogP contribution in [0.4, 0.5) is 0 Å². The minimum Gasteiger partial charge on any atom is -0.497 e. The van der Waals surface area contributed by atoms with E-state index in [0.29, 0.717) is 53.8 Å². The number of nitrogens with zero attached hydrogens (tertiary/aromatic N) is 1. The van der Waals surface area contributed by atoms with Gasteiger partial charge in [-0.1, -0.05) is 12.1 Å². The summed E-state index contributed by atoms with van der Waals surface area (Å²) in [7, 11) is 1.58. The number of rotatable bonds is 5. The zero-order valence-corrected chi connectivity index (χ0v) is 19.3. The van der Waals surface area contributed by atoms with Crippen molar-refractivity contribution in [2.45, 2.75) is 20.0 Å². The summed E-state index contributed by atoms with van der Waals surface area (Å²) in [6.07, 6.45) is 0. The third-order valence-corrected chi connectivity index (χ3v) is 6.13. The topological polar surface area (TPSA) is 79.6 Å². The predicted octanol–water partition coefficient (Wildman–Crippen LogP) is 4.98.